The summed E-state index contributed by atoms with van der Waals surface area (Å²) < 4.78 is 0. The number of aryl methyl sites for hydroxylation is 1. The number of hydrogen-bond donors (Lipinski definition) is 2. The molecule has 0 spiro atoms. The van der Waals surface area contributed by atoms with Crippen molar-refractivity contribution >= 4 is 23.2 Å². The molecule has 0 saturated heterocycles. The van der Waals surface area contributed by atoms with Gasteiger partial charge in [-0.1, -0.05) is 24.6 Å². The summed E-state index contributed by atoms with van der Waals surface area (Å²) in [5.74, 6) is 0.685. The van der Waals surface area contributed by atoms with Gasteiger partial charge in [0.15, 0.2) is 0 Å². The highest BCUT2D eigenvalue weighted by Gasteiger charge is 2.32. The standard InChI is InChI=1S/C13H17ClN2O/c1-8-3-4-10(14)6-12(8)16-13(17)7-15-11-5-9(11)2/h3-4,6,9,11,15H,5,7H2,1-2H3,(H,16,17). The van der Waals surface area contributed by atoms with Gasteiger partial charge in [0, 0.05) is 16.8 Å². The van der Waals surface area contributed by atoms with Crippen molar-refractivity contribution in [2.75, 3.05) is 11.9 Å². The van der Waals surface area contributed by atoms with Gasteiger partial charge in [-0.15, -0.1) is 0 Å². The Labute approximate surface area is 107 Å². The zero-order chi connectivity index (χ0) is 12.4. The van der Waals surface area contributed by atoms with Gasteiger partial charge in [0.1, 0.15) is 0 Å². The summed E-state index contributed by atoms with van der Waals surface area (Å²) in [6, 6.07) is 6.00. The summed E-state index contributed by atoms with van der Waals surface area (Å²) in [5.41, 5.74) is 1.80. The van der Waals surface area contributed by atoms with Crippen LogP contribution in [0.25, 0.3) is 0 Å². The molecule has 1 aliphatic rings. The van der Waals surface area contributed by atoms with Crippen LogP contribution in [-0.2, 0) is 4.79 Å². The van der Waals surface area contributed by atoms with Crippen molar-refractivity contribution in [1.29, 1.82) is 0 Å². The number of amides is 1. The van der Waals surface area contributed by atoms with Crippen molar-refractivity contribution in [1.82, 2.24) is 5.32 Å². The summed E-state index contributed by atoms with van der Waals surface area (Å²) >= 11 is 5.89. The Morgan fingerprint density at radius 3 is 2.88 bits per heavy atom. The highest BCUT2D eigenvalue weighted by atomic mass is 35.5. The van der Waals surface area contributed by atoms with E-state index in [1.165, 1.54) is 6.42 Å². The number of nitrogens with one attached hydrogen (secondary N) is 2. The van der Waals surface area contributed by atoms with Crippen LogP contribution in [-0.4, -0.2) is 18.5 Å². The Bertz CT molecular complexity index is 433. The lowest BCUT2D eigenvalue weighted by Crippen LogP contribution is -2.30. The summed E-state index contributed by atoms with van der Waals surface area (Å²) in [6.07, 6.45) is 1.17. The second-order valence-corrected chi connectivity index (χ2v) is 5.14. The van der Waals surface area contributed by atoms with Crippen molar-refractivity contribution in [2.45, 2.75) is 26.3 Å². The Morgan fingerprint density at radius 1 is 1.53 bits per heavy atom. The fourth-order valence-corrected chi connectivity index (χ4v) is 1.93. The molecule has 3 nitrogen and oxygen atoms in total. The maximum atomic E-state index is 11.7. The number of hydrogen-bond acceptors (Lipinski definition) is 2. The first-order valence-corrected chi connectivity index (χ1v) is 6.23. The molecule has 0 aliphatic heterocycles. The third-order valence-corrected chi connectivity index (χ3v) is 3.34. The van der Waals surface area contributed by atoms with Crippen LogP contribution in [0, 0.1) is 12.8 Å². The molecule has 2 rings (SSSR count). The maximum Gasteiger partial charge on any atom is 0.238 e. The Morgan fingerprint density at radius 2 is 2.24 bits per heavy atom. The molecule has 0 heterocycles. The van der Waals surface area contributed by atoms with Crippen LogP contribution in [0.15, 0.2) is 18.2 Å². The van der Waals surface area contributed by atoms with Crippen LogP contribution < -0.4 is 10.6 Å². The number of anilines is 1. The molecule has 1 aliphatic carbocycles. The van der Waals surface area contributed by atoms with Crippen LogP contribution in [0.5, 0.6) is 0 Å². The molecule has 0 radical (unpaired) electrons. The van der Waals surface area contributed by atoms with Crippen LogP contribution in [0.3, 0.4) is 0 Å². The smallest absolute Gasteiger partial charge is 0.238 e. The van der Waals surface area contributed by atoms with E-state index in [0.717, 1.165) is 11.3 Å². The molecule has 2 N–H and O–H groups in total. The van der Waals surface area contributed by atoms with Crippen LogP contribution in [0.4, 0.5) is 5.69 Å². The minimum Gasteiger partial charge on any atom is -0.325 e. The molecule has 0 aromatic heterocycles. The number of carbonyl (C=O) groups is 1. The number of rotatable bonds is 4. The van der Waals surface area contributed by atoms with Gasteiger partial charge >= 0.3 is 0 Å². The first kappa shape index (κ1) is 12.4. The largest absolute Gasteiger partial charge is 0.325 e. The Balaban J connectivity index is 1.86. The van der Waals surface area contributed by atoms with Gasteiger partial charge in [0.25, 0.3) is 0 Å². The van der Waals surface area contributed by atoms with E-state index in [1.807, 2.05) is 19.1 Å². The Hall–Kier alpha value is -1.06. The number of halogens is 1. The van der Waals surface area contributed by atoms with Crippen molar-refractivity contribution in [3.63, 3.8) is 0 Å². The molecule has 4 heteroatoms. The van der Waals surface area contributed by atoms with Gasteiger partial charge in [0.2, 0.25) is 5.91 Å². The quantitative estimate of drug-likeness (QED) is 0.865. The van der Waals surface area contributed by atoms with Gasteiger partial charge in [0.05, 0.1) is 6.54 Å². The molecule has 1 aromatic carbocycles. The van der Waals surface area contributed by atoms with E-state index in [9.17, 15) is 4.79 Å². The van der Waals surface area contributed by atoms with E-state index in [2.05, 4.69) is 17.6 Å². The normalized spacial score (nSPS) is 22.3. The van der Waals surface area contributed by atoms with Crippen LogP contribution >= 0.6 is 11.6 Å². The fraction of sp³-hybridized carbons (Fsp3) is 0.462. The molecule has 1 fully saturated rings. The van der Waals surface area contributed by atoms with Gasteiger partial charge < -0.3 is 10.6 Å². The maximum absolute atomic E-state index is 11.7. The van der Waals surface area contributed by atoms with E-state index in [-0.39, 0.29) is 5.91 Å². The first-order valence-electron chi connectivity index (χ1n) is 5.85. The topological polar surface area (TPSA) is 41.1 Å². The summed E-state index contributed by atoms with van der Waals surface area (Å²) in [6.45, 7) is 4.49. The van der Waals surface area contributed by atoms with Crippen molar-refractivity contribution in [3.05, 3.63) is 28.8 Å². The summed E-state index contributed by atoms with van der Waals surface area (Å²) in [7, 11) is 0. The summed E-state index contributed by atoms with van der Waals surface area (Å²) in [5, 5.41) is 6.71. The van der Waals surface area contributed by atoms with E-state index in [1.54, 1.807) is 6.07 Å². The van der Waals surface area contributed by atoms with E-state index in [0.29, 0.717) is 23.5 Å². The van der Waals surface area contributed by atoms with Gasteiger partial charge in [-0.05, 0) is 37.0 Å². The molecule has 92 valence electrons. The van der Waals surface area contributed by atoms with Crippen molar-refractivity contribution in [3.8, 4) is 0 Å². The molecular formula is C13H17ClN2O. The van der Waals surface area contributed by atoms with Crippen molar-refractivity contribution < 1.29 is 4.79 Å². The number of carbonyl (C=O) groups excluding carboxylic acids is 1. The minimum atomic E-state index is -0.0190. The fourth-order valence-electron chi connectivity index (χ4n) is 1.75. The lowest BCUT2D eigenvalue weighted by molar-refractivity contribution is -0.115. The van der Waals surface area contributed by atoms with Gasteiger partial charge in [-0.3, -0.25) is 4.79 Å². The predicted octanol–water partition coefficient (Wildman–Crippen LogP) is 2.58. The average molecular weight is 253 g/mol. The van der Waals surface area contributed by atoms with Crippen molar-refractivity contribution in [2.24, 2.45) is 5.92 Å². The second-order valence-electron chi connectivity index (χ2n) is 4.71. The Kier molecular flexibility index (Phi) is 3.69. The minimum absolute atomic E-state index is 0.0190. The monoisotopic (exact) mass is 252 g/mol. The number of benzene rings is 1. The third-order valence-electron chi connectivity index (χ3n) is 3.11. The van der Waals surface area contributed by atoms with E-state index >= 15 is 0 Å². The summed E-state index contributed by atoms with van der Waals surface area (Å²) in [4.78, 5) is 11.7. The highest BCUT2D eigenvalue weighted by molar-refractivity contribution is 6.31. The SMILES string of the molecule is Cc1ccc(Cl)cc1NC(=O)CNC1CC1C. The zero-order valence-corrected chi connectivity index (χ0v) is 10.8. The first-order chi connectivity index (χ1) is 8.06. The van der Waals surface area contributed by atoms with Crippen LogP contribution in [0.1, 0.15) is 18.9 Å². The predicted molar refractivity (Wildman–Crippen MR) is 70.4 cm³/mol. The third kappa shape index (κ3) is 3.45. The van der Waals surface area contributed by atoms with Crippen LogP contribution in [0.2, 0.25) is 5.02 Å². The van der Waals surface area contributed by atoms with E-state index in [4.69, 9.17) is 11.6 Å². The van der Waals surface area contributed by atoms with E-state index < -0.39 is 0 Å². The molecular weight excluding hydrogens is 236 g/mol. The lowest BCUT2D eigenvalue weighted by atomic mass is 10.2. The zero-order valence-electron chi connectivity index (χ0n) is 10.1. The molecule has 2 atom stereocenters. The molecule has 17 heavy (non-hydrogen) atoms. The molecule has 2 unspecified atom stereocenters. The molecule has 1 amide bonds. The molecule has 1 saturated carbocycles. The van der Waals surface area contributed by atoms with Gasteiger partial charge in [-0.2, -0.15) is 0 Å². The highest BCUT2D eigenvalue weighted by Crippen LogP contribution is 2.28. The average Bonchev–Trinajstić information content (AvgIpc) is 2.97. The lowest BCUT2D eigenvalue weighted by Gasteiger charge is -2.09. The second kappa shape index (κ2) is 5.07. The molecule has 1 aromatic rings. The molecule has 0 bridgehead atoms. The van der Waals surface area contributed by atoms with Gasteiger partial charge in [-0.25, -0.2) is 0 Å².